The number of methoxy groups -OCH3 is 3. The molecule has 0 bridgehead atoms. The third-order valence-corrected chi connectivity index (χ3v) is 4.36. The summed E-state index contributed by atoms with van der Waals surface area (Å²) in [6, 6.07) is -1.35. The zero-order chi connectivity index (χ0) is 27.4. The van der Waals surface area contributed by atoms with Crippen molar-refractivity contribution >= 4 is 35.5 Å². The number of Topliss-reactive ketones (excluding diaryl/α,β-unsaturated/α-hetero) is 1. The Morgan fingerprint density at radius 2 is 1.06 bits per heavy atom. The first-order chi connectivity index (χ1) is 16.4. The Balaban J connectivity index is 0. The number of carbonyl (C=O) groups is 6. The van der Waals surface area contributed by atoms with E-state index < -0.39 is 35.9 Å². The van der Waals surface area contributed by atoms with Gasteiger partial charge < -0.3 is 29.6 Å². The first kappa shape index (κ1) is 33.7. The number of ketones is 1. The van der Waals surface area contributed by atoms with Crippen molar-refractivity contribution in [3.05, 3.63) is 24.3 Å². The summed E-state index contributed by atoms with van der Waals surface area (Å²) in [7, 11) is 3.80. The number of rotatable bonds is 13. The molecule has 2 N–H and O–H groups in total. The van der Waals surface area contributed by atoms with Crippen LogP contribution in [0, 0.1) is 5.92 Å². The highest BCUT2D eigenvalue weighted by atomic mass is 16.5. The normalized spacial score (nSPS) is 13.0. The van der Waals surface area contributed by atoms with Crippen LogP contribution in [0.2, 0.25) is 0 Å². The van der Waals surface area contributed by atoms with Crippen LogP contribution in [0.25, 0.3) is 0 Å². The average molecular weight is 499 g/mol. The van der Waals surface area contributed by atoms with Crippen LogP contribution in [0.15, 0.2) is 24.3 Å². The van der Waals surface area contributed by atoms with Crippen LogP contribution in [0.1, 0.15) is 53.4 Å². The topological polar surface area (TPSA) is 154 Å². The van der Waals surface area contributed by atoms with Crippen LogP contribution in [0.4, 0.5) is 0 Å². The lowest BCUT2D eigenvalue weighted by atomic mass is 9.98. The lowest BCUT2D eigenvalue weighted by Gasteiger charge is -2.13. The van der Waals surface area contributed by atoms with Crippen LogP contribution in [-0.4, -0.2) is 68.9 Å². The molecule has 2 amide bonds. The number of esters is 3. The van der Waals surface area contributed by atoms with Crippen molar-refractivity contribution in [1.29, 1.82) is 0 Å². The lowest BCUT2D eigenvalue weighted by molar-refractivity contribution is -0.147. The highest BCUT2D eigenvalue weighted by molar-refractivity contribution is 5.84. The number of ether oxygens (including phenoxy) is 3. The molecule has 0 saturated carbocycles. The molecule has 0 aliphatic rings. The molecule has 0 aromatic rings. The Morgan fingerprint density at radius 3 is 1.40 bits per heavy atom. The summed E-state index contributed by atoms with van der Waals surface area (Å²) >= 11 is 0. The van der Waals surface area contributed by atoms with Crippen molar-refractivity contribution in [3.63, 3.8) is 0 Å². The van der Waals surface area contributed by atoms with Gasteiger partial charge in [0.1, 0.15) is 17.9 Å². The first-order valence-corrected chi connectivity index (χ1v) is 11.0. The second kappa shape index (κ2) is 19.9. The fourth-order valence-electron chi connectivity index (χ4n) is 2.74. The second-order valence-corrected chi connectivity index (χ2v) is 7.43. The van der Waals surface area contributed by atoms with Crippen LogP contribution in [-0.2, 0) is 43.0 Å². The van der Waals surface area contributed by atoms with E-state index in [1.807, 2.05) is 13.0 Å². The average Bonchev–Trinajstić information content (AvgIpc) is 2.80. The quantitative estimate of drug-likeness (QED) is 0.218. The van der Waals surface area contributed by atoms with E-state index in [9.17, 15) is 28.8 Å². The molecule has 0 aromatic heterocycles. The molecule has 0 unspecified atom stereocenters. The van der Waals surface area contributed by atoms with Crippen LogP contribution < -0.4 is 10.6 Å². The van der Waals surface area contributed by atoms with Crippen molar-refractivity contribution in [1.82, 2.24) is 10.6 Å². The fourth-order valence-corrected chi connectivity index (χ4v) is 2.74. The zero-order valence-corrected chi connectivity index (χ0v) is 21.5. The van der Waals surface area contributed by atoms with Gasteiger partial charge in [-0.3, -0.25) is 14.4 Å². The van der Waals surface area contributed by atoms with Crippen molar-refractivity contribution in [2.45, 2.75) is 65.5 Å². The van der Waals surface area contributed by atoms with Gasteiger partial charge >= 0.3 is 17.9 Å². The summed E-state index contributed by atoms with van der Waals surface area (Å²) in [4.78, 5) is 66.9. The molecule has 0 aliphatic heterocycles. The molecule has 0 spiro atoms. The minimum atomic E-state index is -0.775. The van der Waals surface area contributed by atoms with E-state index in [-0.39, 0.29) is 30.4 Å². The van der Waals surface area contributed by atoms with Gasteiger partial charge in [-0.15, -0.1) is 0 Å². The van der Waals surface area contributed by atoms with E-state index in [0.29, 0.717) is 12.8 Å². The molecule has 0 aliphatic carbocycles. The molecule has 0 aromatic carbocycles. The molecular weight excluding hydrogens is 460 g/mol. The minimum absolute atomic E-state index is 0.100. The molecule has 3 atom stereocenters. The molecule has 0 saturated heterocycles. The Labute approximate surface area is 206 Å². The van der Waals surface area contributed by atoms with Gasteiger partial charge in [-0.05, 0) is 33.1 Å². The molecule has 198 valence electrons. The first-order valence-electron chi connectivity index (χ1n) is 11.0. The standard InChI is InChI=1S/C15H23NO6.C9H15NO3/c1-10(17)9-12(14(19)21-3)7-5-6-8-13(15(20)22-4)16-11(2)18;1-4-5-6-8(9(12)13-3)10-7(2)11/h5-6,12-13H,7-9H2,1-4H3,(H,16,18);4-5,8H,6H2,1-3H3,(H,10,11)/t12-,13+;8-/m10/s1. The predicted octanol–water partition coefficient (Wildman–Crippen LogP) is 1.40. The van der Waals surface area contributed by atoms with Crippen molar-refractivity contribution < 1.29 is 43.0 Å². The Hall–Kier alpha value is -3.50. The molecule has 11 nitrogen and oxygen atoms in total. The summed E-state index contributed by atoms with van der Waals surface area (Å²) < 4.78 is 13.8. The number of hydrogen-bond acceptors (Lipinski definition) is 9. The Bertz CT molecular complexity index is 735. The van der Waals surface area contributed by atoms with E-state index in [4.69, 9.17) is 0 Å². The summed E-state index contributed by atoms with van der Waals surface area (Å²) in [6.07, 6.45) is 8.08. The predicted molar refractivity (Wildman–Crippen MR) is 128 cm³/mol. The molecule has 35 heavy (non-hydrogen) atoms. The van der Waals surface area contributed by atoms with Gasteiger partial charge in [0.15, 0.2) is 0 Å². The summed E-state index contributed by atoms with van der Waals surface area (Å²) in [6.45, 7) is 5.93. The molecule has 0 heterocycles. The van der Waals surface area contributed by atoms with Crippen molar-refractivity contribution in [3.8, 4) is 0 Å². The fraction of sp³-hybridized carbons (Fsp3) is 0.583. The summed E-state index contributed by atoms with van der Waals surface area (Å²) in [5, 5.41) is 4.98. The monoisotopic (exact) mass is 498 g/mol. The van der Waals surface area contributed by atoms with Gasteiger partial charge in [0.2, 0.25) is 11.8 Å². The molecule has 0 rings (SSSR count). The molecule has 0 fully saturated rings. The highest BCUT2D eigenvalue weighted by Gasteiger charge is 2.21. The lowest BCUT2D eigenvalue weighted by Crippen LogP contribution is -2.39. The van der Waals surface area contributed by atoms with E-state index >= 15 is 0 Å². The Kier molecular flexibility index (Phi) is 19.2. The maximum atomic E-state index is 11.5. The number of nitrogens with one attached hydrogen (secondary N) is 2. The van der Waals surface area contributed by atoms with Crippen LogP contribution in [0.5, 0.6) is 0 Å². The van der Waals surface area contributed by atoms with Crippen molar-refractivity contribution in [2.75, 3.05) is 21.3 Å². The van der Waals surface area contributed by atoms with Crippen LogP contribution in [0.3, 0.4) is 0 Å². The van der Waals surface area contributed by atoms with E-state index in [0.717, 1.165) is 0 Å². The molecular formula is C24H38N2O9. The third-order valence-electron chi connectivity index (χ3n) is 4.36. The SMILES string of the molecule is CC=CC[C@H](NC(C)=O)C(=O)OC.COC(=O)[C@H](CC=CC[C@H](NC(C)=O)C(=O)OC)CC(C)=O. The second-order valence-electron chi connectivity index (χ2n) is 7.43. The number of amides is 2. The molecule has 0 radical (unpaired) electrons. The van der Waals surface area contributed by atoms with Gasteiger partial charge in [-0.1, -0.05) is 24.3 Å². The van der Waals surface area contributed by atoms with Gasteiger partial charge in [0, 0.05) is 20.3 Å². The maximum Gasteiger partial charge on any atom is 0.328 e. The number of allylic oxidation sites excluding steroid dienone is 2. The van der Waals surface area contributed by atoms with E-state index in [1.54, 1.807) is 18.2 Å². The van der Waals surface area contributed by atoms with Gasteiger partial charge in [-0.2, -0.15) is 0 Å². The zero-order valence-electron chi connectivity index (χ0n) is 21.5. The summed E-state index contributed by atoms with van der Waals surface area (Å²) in [5.74, 6) is -2.65. The van der Waals surface area contributed by atoms with Gasteiger partial charge in [0.25, 0.3) is 0 Å². The van der Waals surface area contributed by atoms with E-state index in [1.165, 1.54) is 42.1 Å². The van der Waals surface area contributed by atoms with Gasteiger partial charge in [0.05, 0.1) is 27.2 Å². The summed E-state index contributed by atoms with van der Waals surface area (Å²) in [5.41, 5.74) is 0. The van der Waals surface area contributed by atoms with Crippen LogP contribution >= 0.6 is 0 Å². The number of hydrogen-bond donors (Lipinski definition) is 2. The molecule has 11 heteroatoms. The van der Waals surface area contributed by atoms with Crippen molar-refractivity contribution in [2.24, 2.45) is 5.92 Å². The highest BCUT2D eigenvalue weighted by Crippen LogP contribution is 2.13. The van der Waals surface area contributed by atoms with Gasteiger partial charge in [-0.25, -0.2) is 9.59 Å². The number of carbonyl (C=O) groups excluding carboxylic acids is 6. The minimum Gasteiger partial charge on any atom is -0.469 e. The largest absolute Gasteiger partial charge is 0.469 e. The van der Waals surface area contributed by atoms with E-state index in [2.05, 4.69) is 24.8 Å². The smallest absolute Gasteiger partial charge is 0.328 e. The maximum absolute atomic E-state index is 11.5. The Morgan fingerprint density at radius 1 is 0.657 bits per heavy atom. The third kappa shape index (κ3) is 17.6.